The fourth-order valence-corrected chi connectivity index (χ4v) is 0.775. The van der Waals surface area contributed by atoms with Gasteiger partial charge in [-0.2, -0.15) is 0 Å². The van der Waals surface area contributed by atoms with Crippen LogP contribution < -0.4 is 11.5 Å². The zero-order valence-electron chi connectivity index (χ0n) is 6.07. The van der Waals surface area contributed by atoms with Crippen molar-refractivity contribution in [3.05, 3.63) is 23.9 Å². The SMILES string of the molecule is NCC(O)c1cccc(N)n1. The van der Waals surface area contributed by atoms with Crippen LogP contribution in [0.1, 0.15) is 11.8 Å². The van der Waals surface area contributed by atoms with E-state index in [1.807, 2.05) is 0 Å². The summed E-state index contributed by atoms with van der Waals surface area (Å²) in [4.78, 5) is 3.89. The lowest BCUT2D eigenvalue weighted by molar-refractivity contribution is 0.182. The number of nitrogens with zero attached hydrogens (tertiary/aromatic N) is 1. The Morgan fingerprint density at radius 1 is 1.55 bits per heavy atom. The standard InChI is InChI=1S/C7H11N3O/c8-4-6(11)5-2-1-3-7(9)10-5/h1-3,6,11H,4,8H2,(H2,9,10). The highest BCUT2D eigenvalue weighted by Crippen LogP contribution is 2.08. The second kappa shape index (κ2) is 3.32. The fourth-order valence-electron chi connectivity index (χ4n) is 0.775. The average Bonchev–Trinajstić information content (AvgIpc) is 2.03. The first kappa shape index (κ1) is 7.97. The van der Waals surface area contributed by atoms with E-state index in [1.54, 1.807) is 18.2 Å². The molecule has 0 saturated heterocycles. The van der Waals surface area contributed by atoms with Gasteiger partial charge in [-0.1, -0.05) is 6.07 Å². The van der Waals surface area contributed by atoms with Gasteiger partial charge in [-0.15, -0.1) is 0 Å². The highest BCUT2D eigenvalue weighted by atomic mass is 16.3. The molecule has 5 N–H and O–H groups in total. The van der Waals surface area contributed by atoms with Crippen molar-refractivity contribution in [3.63, 3.8) is 0 Å². The Hall–Kier alpha value is -1.13. The molecule has 60 valence electrons. The molecule has 4 heteroatoms. The zero-order chi connectivity index (χ0) is 8.27. The Balaban J connectivity index is 2.86. The first-order valence-electron chi connectivity index (χ1n) is 3.34. The van der Waals surface area contributed by atoms with E-state index in [4.69, 9.17) is 11.5 Å². The van der Waals surface area contributed by atoms with Gasteiger partial charge in [0.25, 0.3) is 0 Å². The molecule has 0 fully saturated rings. The molecular weight excluding hydrogens is 142 g/mol. The molecule has 0 aliphatic rings. The van der Waals surface area contributed by atoms with Gasteiger partial charge >= 0.3 is 0 Å². The fraction of sp³-hybridized carbons (Fsp3) is 0.286. The third kappa shape index (κ3) is 1.89. The van der Waals surface area contributed by atoms with Crippen molar-refractivity contribution in [3.8, 4) is 0 Å². The molecule has 1 atom stereocenters. The largest absolute Gasteiger partial charge is 0.385 e. The predicted molar refractivity (Wildman–Crippen MR) is 42.7 cm³/mol. The van der Waals surface area contributed by atoms with E-state index in [-0.39, 0.29) is 6.54 Å². The zero-order valence-corrected chi connectivity index (χ0v) is 6.07. The lowest BCUT2D eigenvalue weighted by atomic mass is 10.2. The van der Waals surface area contributed by atoms with Crippen LogP contribution in [0.15, 0.2) is 18.2 Å². The number of anilines is 1. The number of aromatic nitrogens is 1. The monoisotopic (exact) mass is 153 g/mol. The average molecular weight is 153 g/mol. The van der Waals surface area contributed by atoms with Gasteiger partial charge in [0.15, 0.2) is 0 Å². The number of nitrogens with two attached hydrogens (primary N) is 2. The molecule has 1 rings (SSSR count). The van der Waals surface area contributed by atoms with E-state index < -0.39 is 6.10 Å². The third-order valence-electron chi connectivity index (χ3n) is 1.36. The van der Waals surface area contributed by atoms with Crippen LogP contribution in [0.3, 0.4) is 0 Å². The molecule has 0 saturated carbocycles. The van der Waals surface area contributed by atoms with E-state index in [0.717, 1.165) is 0 Å². The summed E-state index contributed by atoms with van der Waals surface area (Å²) in [6.45, 7) is 0.163. The second-order valence-electron chi connectivity index (χ2n) is 2.24. The summed E-state index contributed by atoms with van der Waals surface area (Å²) >= 11 is 0. The first-order chi connectivity index (χ1) is 5.24. The van der Waals surface area contributed by atoms with E-state index in [1.165, 1.54) is 0 Å². The Morgan fingerprint density at radius 3 is 2.82 bits per heavy atom. The highest BCUT2D eigenvalue weighted by molar-refractivity contribution is 5.29. The van der Waals surface area contributed by atoms with Gasteiger partial charge in [0, 0.05) is 6.54 Å². The van der Waals surface area contributed by atoms with Crippen molar-refractivity contribution >= 4 is 5.82 Å². The van der Waals surface area contributed by atoms with Crippen molar-refractivity contribution in [2.75, 3.05) is 12.3 Å². The number of aliphatic hydroxyl groups excluding tert-OH is 1. The van der Waals surface area contributed by atoms with Gasteiger partial charge in [-0.05, 0) is 12.1 Å². The number of nitrogen functional groups attached to an aromatic ring is 1. The van der Waals surface area contributed by atoms with Crippen molar-refractivity contribution in [2.24, 2.45) is 5.73 Å². The Bertz CT molecular complexity index is 239. The van der Waals surface area contributed by atoms with Crippen molar-refractivity contribution < 1.29 is 5.11 Å². The van der Waals surface area contributed by atoms with E-state index in [2.05, 4.69) is 4.98 Å². The summed E-state index contributed by atoms with van der Waals surface area (Å²) in [5.74, 6) is 0.398. The molecular formula is C7H11N3O. The topological polar surface area (TPSA) is 85.2 Å². The van der Waals surface area contributed by atoms with Gasteiger partial charge in [0.05, 0.1) is 5.69 Å². The minimum Gasteiger partial charge on any atom is -0.385 e. The molecule has 0 radical (unpaired) electrons. The molecule has 0 aliphatic heterocycles. The van der Waals surface area contributed by atoms with Crippen molar-refractivity contribution in [1.82, 2.24) is 4.98 Å². The van der Waals surface area contributed by atoms with Gasteiger partial charge in [-0.3, -0.25) is 0 Å². The number of rotatable bonds is 2. The molecule has 0 aliphatic carbocycles. The Kier molecular flexibility index (Phi) is 2.40. The number of aliphatic hydroxyl groups is 1. The Labute approximate surface area is 64.9 Å². The summed E-state index contributed by atoms with van der Waals surface area (Å²) in [6, 6.07) is 5.08. The smallest absolute Gasteiger partial charge is 0.123 e. The summed E-state index contributed by atoms with van der Waals surface area (Å²) in [7, 11) is 0. The van der Waals surface area contributed by atoms with Crippen LogP contribution in [0.4, 0.5) is 5.82 Å². The first-order valence-corrected chi connectivity index (χ1v) is 3.34. The van der Waals surface area contributed by atoms with Crippen molar-refractivity contribution in [2.45, 2.75) is 6.10 Å². The Morgan fingerprint density at radius 2 is 2.27 bits per heavy atom. The van der Waals surface area contributed by atoms with Crippen LogP contribution in [0.25, 0.3) is 0 Å². The maximum Gasteiger partial charge on any atom is 0.123 e. The minimum absolute atomic E-state index is 0.163. The van der Waals surface area contributed by atoms with Crippen molar-refractivity contribution in [1.29, 1.82) is 0 Å². The molecule has 0 aromatic carbocycles. The quantitative estimate of drug-likeness (QED) is 0.542. The maximum atomic E-state index is 9.21. The van der Waals surface area contributed by atoms with E-state index >= 15 is 0 Å². The minimum atomic E-state index is -0.710. The van der Waals surface area contributed by atoms with Crippen LogP contribution in [0, 0.1) is 0 Å². The molecule has 1 unspecified atom stereocenters. The molecule has 1 aromatic rings. The third-order valence-corrected chi connectivity index (χ3v) is 1.36. The molecule has 0 amide bonds. The van der Waals surface area contributed by atoms with Crippen LogP contribution in [-0.2, 0) is 0 Å². The van der Waals surface area contributed by atoms with Gasteiger partial charge in [-0.25, -0.2) is 4.98 Å². The molecule has 0 spiro atoms. The molecule has 1 heterocycles. The van der Waals surface area contributed by atoms with Gasteiger partial charge in [0.1, 0.15) is 11.9 Å². The summed E-state index contributed by atoms with van der Waals surface area (Å²) in [5, 5.41) is 9.21. The number of hydrogen-bond donors (Lipinski definition) is 3. The van der Waals surface area contributed by atoms with E-state index in [0.29, 0.717) is 11.5 Å². The van der Waals surface area contributed by atoms with E-state index in [9.17, 15) is 5.11 Å². The highest BCUT2D eigenvalue weighted by Gasteiger charge is 2.05. The summed E-state index contributed by atoms with van der Waals surface area (Å²) < 4.78 is 0. The second-order valence-corrected chi connectivity index (χ2v) is 2.24. The van der Waals surface area contributed by atoms with Crippen LogP contribution >= 0.6 is 0 Å². The molecule has 4 nitrogen and oxygen atoms in total. The lowest BCUT2D eigenvalue weighted by Gasteiger charge is -2.06. The maximum absolute atomic E-state index is 9.21. The van der Waals surface area contributed by atoms with Gasteiger partial charge < -0.3 is 16.6 Å². The summed E-state index contributed by atoms with van der Waals surface area (Å²) in [6.07, 6.45) is -0.710. The molecule has 11 heavy (non-hydrogen) atoms. The lowest BCUT2D eigenvalue weighted by Crippen LogP contribution is -2.13. The number of pyridine rings is 1. The van der Waals surface area contributed by atoms with Crippen LogP contribution in [0.2, 0.25) is 0 Å². The predicted octanol–water partition coefficient (Wildman–Crippen LogP) is -0.344. The van der Waals surface area contributed by atoms with Crippen LogP contribution in [0.5, 0.6) is 0 Å². The van der Waals surface area contributed by atoms with Crippen LogP contribution in [-0.4, -0.2) is 16.6 Å². The number of hydrogen-bond acceptors (Lipinski definition) is 4. The molecule has 1 aromatic heterocycles. The molecule has 0 bridgehead atoms. The van der Waals surface area contributed by atoms with Gasteiger partial charge in [0.2, 0.25) is 0 Å². The summed E-state index contributed by atoms with van der Waals surface area (Å²) in [5.41, 5.74) is 11.1. The normalized spacial score (nSPS) is 12.9.